The highest BCUT2D eigenvalue weighted by atomic mass is 16.3. The average Bonchev–Trinajstić information content (AvgIpc) is 3.46. The Bertz CT molecular complexity index is 2450. The van der Waals surface area contributed by atoms with Crippen LogP contribution in [0.2, 0.25) is 0 Å². The van der Waals surface area contributed by atoms with Crippen molar-refractivity contribution in [2.24, 2.45) is 9.98 Å². The fourth-order valence-corrected chi connectivity index (χ4v) is 6.10. The summed E-state index contributed by atoms with van der Waals surface area (Å²) in [5, 5.41) is 15.4. The molecular weight excluding hydrogens is 550 g/mol. The molecule has 0 aliphatic heterocycles. The molecule has 0 amide bonds. The highest BCUT2D eigenvalue weighted by Gasteiger charge is 2.15. The van der Waals surface area contributed by atoms with Crippen molar-refractivity contribution in [3.8, 4) is 22.3 Å². The molecule has 0 saturated heterocycles. The van der Waals surface area contributed by atoms with E-state index in [1.807, 2.05) is 42.5 Å². The molecule has 1 heterocycles. The SMILES string of the molecule is C=N/C(=N\C(=N)c1ccccc1)c1cc2ccccc2cc1-c1ccc(-c2ccc3c(c2)oc2cc4ccccc4cc23)cc1. The maximum absolute atomic E-state index is 8.62. The third kappa shape index (κ3) is 4.79. The average molecular weight is 578 g/mol. The number of amidine groups is 2. The van der Waals surface area contributed by atoms with Crippen LogP contribution in [-0.2, 0) is 0 Å². The van der Waals surface area contributed by atoms with E-state index in [1.165, 1.54) is 10.8 Å². The molecule has 45 heavy (non-hydrogen) atoms. The van der Waals surface area contributed by atoms with Crippen molar-refractivity contribution in [2.45, 2.75) is 0 Å². The van der Waals surface area contributed by atoms with Gasteiger partial charge in [0.05, 0.1) is 0 Å². The van der Waals surface area contributed by atoms with Gasteiger partial charge in [-0.25, -0.2) is 9.98 Å². The summed E-state index contributed by atoms with van der Waals surface area (Å²) in [6, 6.07) is 49.6. The molecular formula is C41H27N3O. The zero-order valence-electron chi connectivity index (χ0n) is 24.4. The van der Waals surface area contributed by atoms with Crippen LogP contribution in [0.15, 0.2) is 160 Å². The summed E-state index contributed by atoms with van der Waals surface area (Å²) in [6.07, 6.45) is 0. The number of nitrogens with zero attached hydrogens (tertiary/aromatic N) is 2. The van der Waals surface area contributed by atoms with E-state index in [4.69, 9.17) is 9.83 Å². The normalized spacial score (nSPS) is 11.9. The Morgan fingerprint density at radius 2 is 1.11 bits per heavy atom. The summed E-state index contributed by atoms with van der Waals surface area (Å²) < 4.78 is 6.33. The lowest BCUT2D eigenvalue weighted by Crippen LogP contribution is -2.05. The van der Waals surface area contributed by atoms with Gasteiger partial charge in [-0.15, -0.1) is 0 Å². The second-order valence-electron chi connectivity index (χ2n) is 11.1. The minimum Gasteiger partial charge on any atom is -0.456 e. The zero-order valence-corrected chi connectivity index (χ0v) is 24.4. The molecule has 4 heteroatoms. The van der Waals surface area contributed by atoms with Gasteiger partial charge in [0.1, 0.15) is 11.2 Å². The molecule has 0 aliphatic rings. The van der Waals surface area contributed by atoms with Crippen LogP contribution in [0.4, 0.5) is 0 Å². The largest absolute Gasteiger partial charge is 0.456 e. The second kappa shape index (κ2) is 10.9. The Labute approximate surface area is 260 Å². The summed E-state index contributed by atoms with van der Waals surface area (Å²) in [5.41, 5.74) is 7.50. The van der Waals surface area contributed by atoms with Crippen LogP contribution in [0.3, 0.4) is 0 Å². The molecule has 0 saturated carbocycles. The lowest BCUT2D eigenvalue weighted by molar-refractivity contribution is 0.669. The Hall–Kier alpha value is -6.13. The van der Waals surface area contributed by atoms with Gasteiger partial charge in [0.25, 0.3) is 0 Å². The van der Waals surface area contributed by atoms with Crippen LogP contribution in [0.25, 0.3) is 65.7 Å². The van der Waals surface area contributed by atoms with Crippen molar-refractivity contribution in [3.63, 3.8) is 0 Å². The molecule has 0 spiro atoms. The minimum atomic E-state index is 0.140. The van der Waals surface area contributed by atoms with Crippen LogP contribution in [0, 0.1) is 5.41 Å². The molecule has 1 aromatic heterocycles. The molecule has 0 radical (unpaired) electrons. The molecule has 8 rings (SSSR count). The van der Waals surface area contributed by atoms with E-state index >= 15 is 0 Å². The fourth-order valence-electron chi connectivity index (χ4n) is 6.10. The van der Waals surface area contributed by atoms with E-state index < -0.39 is 0 Å². The fraction of sp³-hybridized carbons (Fsp3) is 0. The van der Waals surface area contributed by atoms with Gasteiger partial charge < -0.3 is 4.42 Å². The number of hydrogen-bond donors (Lipinski definition) is 1. The molecule has 1 N–H and O–H groups in total. The maximum atomic E-state index is 8.62. The summed E-state index contributed by atoms with van der Waals surface area (Å²) in [6.45, 7) is 3.82. The van der Waals surface area contributed by atoms with Crippen molar-refractivity contribution in [1.29, 1.82) is 5.41 Å². The number of furan rings is 1. The topological polar surface area (TPSA) is 61.7 Å². The van der Waals surface area contributed by atoms with Crippen molar-refractivity contribution in [1.82, 2.24) is 0 Å². The molecule has 8 aromatic rings. The second-order valence-corrected chi connectivity index (χ2v) is 11.1. The van der Waals surface area contributed by atoms with Gasteiger partial charge in [-0.2, -0.15) is 0 Å². The van der Waals surface area contributed by atoms with Crippen molar-refractivity contribution < 1.29 is 4.42 Å². The van der Waals surface area contributed by atoms with Crippen LogP contribution < -0.4 is 0 Å². The third-order valence-electron chi connectivity index (χ3n) is 8.41. The van der Waals surface area contributed by atoms with Gasteiger partial charge in [-0.05, 0) is 86.9 Å². The van der Waals surface area contributed by atoms with Gasteiger partial charge in [0, 0.05) is 21.9 Å². The maximum Gasteiger partial charge on any atom is 0.161 e. The van der Waals surface area contributed by atoms with E-state index in [9.17, 15) is 0 Å². The first-order valence-electron chi connectivity index (χ1n) is 14.8. The number of hydrogen-bond acceptors (Lipinski definition) is 2. The minimum absolute atomic E-state index is 0.140. The number of nitrogens with one attached hydrogen (secondary N) is 1. The Balaban J connectivity index is 1.20. The molecule has 7 aromatic carbocycles. The Morgan fingerprint density at radius 3 is 1.82 bits per heavy atom. The van der Waals surface area contributed by atoms with Gasteiger partial charge in [-0.1, -0.05) is 109 Å². The molecule has 0 unspecified atom stereocenters. The van der Waals surface area contributed by atoms with Gasteiger partial charge in [0.2, 0.25) is 0 Å². The molecule has 0 atom stereocenters. The van der Waals surface area contributed by atoms with Crippen LogP contribution in [0.5, 0.6) is 0 Å². The number of rotatable bonds is 4. The number of aliphatic imine (C=N–C) groups is 2. The van der Waals surface area contributed by atoms with Crippen molar-refractivity contribution >= 4 is 61.9 Å². The third-order valence-corrected chi connectivity index (χ3v) is 8.41. The monoisotopic (exact) mass is 577 g/mol. The van der Waals surface area contributed by atoms with Crippen LogP contribution in [0.1, 0.15) is 11.1 Å². The summed E-state index contributed by atoms with van der Waals surface area (Å²) >= 11 is 0. The van der Waals surface area contributed by atoms with Crippen LogP contribution >= 0.6 is 0 Å². The summed E-state index contributed by atoms with van der Waals surface area (Å²) in [5.74, 6) is 0.554. The van der Waals surface area contributed by atoms with Crippen molar-refractivity contribution in [3.05, 3.63) is 157 Å². The van der Waals surface area contributed by atoms with E-state index in [0.717, 1.165) is 66.1 Å². The van der Waals surface area contributed by atoms with E-state index in [0.29, 0.717) is 5.84 Å². The molecule has 0 fully saturated rings. The van der Waals surface area contributed by atoms with E-state index in [-0.39, 0.29) is 5.84 Å². The van der Waals surface area contributed by atoms with Gasteiger partial charge in [0.15, 0.2) is 11.7 Å². The first-order valence-corrected chi connectivity index (χ1v) is 14.8. The first kappa shape index (κ1) is 26.5. The first-order chi connectivity index (χ1) is 22.1. The summed E-state index contributed by atoms with van der Waals surface area (Å²) in [4.78, 5) is 8.91. The molecule has 4 nitrogen and oxygen atoms in total. The number of fused-ring (bicyclic) bond motifs is 5. The number of benzene rings is 7. The van der Waals surface area contributed by atoms with Gasteiger partial charge >= 0.3 is 0 Å². The lowest BCUT2D eigenvalue weighted by atomic mass is 9.93. The lowest BCUT2D eigenvalue weighted by Gasteiger charge is -2.13. The quantitative estimate of drug-likeness (QED) is 0.164. The van der Waals surface area contributed by atoms with E-state index in [1.54, 1.807) is 0 Å². The molecule has 0 aliphatic carbocycles. The molecule has 0 bridgehead atoms. The highest BCUT2D eigenvalue weighted by molar-refractivity contribution is 6.16. The predicted octanol–water partition coefficient (Wildman–Crippen LogP) is 10.7. The van der Waals surface area contributed by atoms with E-state index in [2.05, 4.69) is 120 Å². The zero-order chi connectivity index (χ0) is 30.3. The van der Waals surface area contributed by atoms with Crippen LogP contribution in [-0.4, -0.2) is 18.4 Å². The highest BCUT2D eigenvalue weighted by Crippen LogP contribution is 2.36. The smallest absolute Gasteiger partial charge is 0.161 e. The summed E-state index contributed by atoms with van der Waals surface area (Å²) in [7, 11) is 0. The predicted molar refractivity (Wildman–Crippen MR) is 189 cm³/mol. The van der Waals surface area contributed by atoms with Gasteiger partial charge in [-0.3, -0.25) is 5.41 Å². The standard InChI is InChI=1S/C41H27N3O/c1-43-41(44-40(42)28-9-3-2-4-10-28)37-23-31-13-6-5-11-29(31)21-35(37)27-17-15-26(16-18-27)33-19-20-34-36-22-30-12-7-8-14-32(30)24-39(36)45-38(34)25-33/h2-25,42H,1H2/b42-40?,44-41-. The van der Waals surface area contributed by atoms with Crippen molar-refractivity contribution in [2.75, 3.05) is 0 Å². The Morgan fingerprint density at radius 1 is 0.533 bits per heavy atom. The Kier molecular flexibility index (Phi) is 6.39. The molecule has 212 valence electrons.